The molecule has 0 amide bonds. The van der Waals surface area contributed by atoms with E-state index in [1.54, 1.807) is 6.92 Å². The van der Waals surface area contributed by atoms with Crippen LogP contribution in [0.4, 0.5) is 0 Å². The van der Waals surface area contributed by atoms with Gasteiger partial charge in [-0.15, -0.1) is 0 Å². The van der Waals surface area contributed by atoms with Crippen molar-refractivity contribution in [1.82, 2.24) is 0 Å². The quantitative estimate of drug-likeness (QED) is 0.534. The Morgan fingerprint density at radius 2 is 1.76 bits per heavy atom. The molecule has 0 heterocycles. The van der Waals surface area contributed by atoms with E-state index in [1.807, 2.05) is 6.08 Å². The van der Waals surface area contributed by atoms with Crippen molar-refractivity contribution in [3.63, 3.8) is 0 Å². The van der Waals surface area contributed by atoms with E-state index in [9.17, 15) is 9.59 Å². The fraction of sp³-hybridized carbons (Fsp3) is 0.840. The first-order valence-electron chi connectivity index (χ1n) is 11.8. The van der Waals surface area contributed by atoms with Gasteiger partial charge in [0.1, 0.15) is 5.60 Å². The molecular formula is C25H40O3Si. The summed E-state index contributed by atoms with van der Waals surface area (Å²) in [7, 11) is -1.86. The molecule has 0 bridgehead atoms. The van der Waals surface area contributed by atoms with Gasteiger partial charge in [-0.05, 0) is 100 Å². The summed E-state index contributed by atoms with van der Waals surface area (Å²) in [4.78, 5) is 25.3. The predicted octanol–water partition coefficient (Wildman–Crippen LogP) is 5.94. The van der Waals surface area contributed by atoms with Gasteiger partial charge in [-0.3, -0.25) is 9.59 Å². The number of hydrogen-bond donors (Lipinski definition) is 0. The molecule has 0 radical (unpaired) electrons. The predicted molar refractivity (Wildman–Crippen MR) is 119 cm³/mol. The molecule has 162 valence electrons. The molecule has 1 unspecified atom stereocenters. The molecule has 0 aromatic rings. The van der Waals surface area contributed by atoms with Crippen molar-refractivity contribution in [2.45, 2.75) is 97.9 Å². The number of Topliss-reactive ketones (excluding diaryl/α,β-unsaturated/α-hetero) is 1. The Morgan fingerprint density at radius 1 is 1.10 bits per heavy atom. The average molecular weight is 417 g/mol. The number of rotatable bonds is 3. The third-order valence-corrected chi connectivity index (χ3v) is 10.4. The van der Waals surface area contributed by atoms with Crippen molar-refractivity contribution in [2.75, 3.05) is 0 Å². The summed E-state index contributed by atoms with van der Waals surface area (Å²) in [5.74, 6) is 2.89. The topological polar surface area (TPSA) is 43.4 Å². The van der Waals surface area contributed by atoms with E-state index in [1.165, 1.54) is 12.0 Å². The number of hydrogen-bond acceptors (Lipinski definition) is 3. The molecule has 0 spiro atoms. The van der Waals surface area contributed by atoms with Gasteiger partial charge in [0.15, 0.2) is 19.9 Å². The van der Waals surface area contributed by atoms with Crippen LogP contribution < -0.4 is 0 Å². The minimum absolute atomic E-state index is 0.0535. The van der Waals surface area contributed by atoms with E-state index >= 15 is 0 Å². The number of carbonyl (C=O) groups is 2. The number of ketones is 2. The first kappa shape index (κ1) is 21.5. The molecule has 4 aliphatic rings. The smallest absolute Gasteiger partial charge is 0.185 e. The monoisotopic (exact) mass is 416 g/mol. The third kappa shape index (κ3) is 2.99. The molecule has 4 rings (SSSR count). The molecule has 7 atom stereocenters. The molecule has 3 fully saturated rings. The summed E-state index contributed by atoms with van der Waals surface area (Å²) in [5.41, 5.74) is 0.948. The van der Waals surface area contributed by atoms with Gasteiger partial charge in [0.05, 0.1) is 0 Å². The zero-order chi connectivity index (χ0) is 21.4. The maximum atomic E-state index is 13.1. The SMILES string of the molecule is CC(=O)[C@@]1(O[Si](C)(C)C)CC[C@H]2[C@@H]3CC(C)C4=CC(=O)CC[C@]4(C)[C@H]3CC[C@@]21C. The van der Waals surface area contributed by atoms with E-state index in [0.29, 0.717) is 35.9 Å². The largest absolute Gasteiger partial charge is 0.405 e. The molecule has 3 saturated carbocycles. The Hall–Kier alpha value is -0.743. The fourth-order valence-corrected chi connectivity index (χ4v) is 9.85. The van der Waals surface area contributed by atoms with Crippen LogP contribution >= 0.6 is 0 Å². The van der Waals surface area contributed by atoms with Gasteiger partial charge in [0.25, 0.3) is 0 Å². The lowest BCUT2D eigenvalue weighted by atomic mass is 9.45. The molecule has 0 saturated heterocycles. The lowest BCUT2D eigenvalue weighted by molar-refractivity contribution is -0.156. The second-order valence-electron chi connectivity index (χ2n) is 12.1. The Bertz CT molecular complexity index is 765. The Kier molecular flexibility index (Phi) is 4.91. The minimum atomic E-state index is -1.86. The van der Waals surface area contributed by atoms with Gasteiger partial charge in [0.2, 0.25) is 0 Å². The van der Waals surface area contributed by atoms with Crippen LogP contribution in [0.1, 0.15) is 72.6 Å². The number of fused-ring (bicyclic) bond motifs is 5. The van der Waals surface area contributed by atoms with Gasteiger partial charge in [0, 0.05) is 11.8 Å². The summed E-state index contributed by atoms with van der Waals surface area (Å²) < 4.78 is 6.81. The number of allylic oxidation sites excluding steroid dienone is 1. The molecule has 0 N–H and O–H groups in total. The molecule has 3 nitrogen and oxygen atoms in total. The Labute approximate surface area is 178 Å². The average Bonchev–Trinajstić information content (AvgIpc) is 2.89. The zero-order valence-electron chi connectivity index (χ0n) is 19.6. The van der Waals surface area contributed by atoms with Crippen molar-refractivity contribution in [1.29, 1.82) is 0 Å². The molecular weight excluding hydrogens is 376 g/mol. The molecule has 0 aromatic carbocycles. The number of carbonyl (C=O) groups excluding carboxylic acids is 2. The second kappa shape index (κ2) is 6.63. The van der Waals surface area contributed by atoms with E-state index in [4.69, 9.17) is 4.43 Å². The summed E-state index contributed by atoms with van der Waals surface area (Å²) in [6.45, 7) is 15.6. The first-order valence-corrected chi connectivity index (χ1v) is 15.2. The van der Waals surface area contributed by atoms with E-state index in [2.05, 4.69) is 40.4 Å². The highest BCUT2D eigenvalue weighted by Gasteiger charge is 2.67. The van der Waals surface area contributed by atoms with E-state index in [0.717, 1.165) is 32.1 Å². The van der Waals surface area contributed by atoms with Gasteiger partial charge in [-0.2, -0.15) is 0 Å². The van der Waals surface area contributed by atoms with Crippen LogP contribution in [-0.2, 0) is 14.0 Å². The lowest BCUT2D eigenvalue weighted by Crippen LogP contribution is -2.61. The molecule has 29 heavy (non-hydrogen) atoms. The minimum Gasteiger partial charge on any atom is -0.405 e. The molecule has 0 aromatic heterocycles. The van der Waals surface area contributed by atoms with Crippen molar-refractivity contribution in [2.24, 2.45) is 34.5 Å². The van der Waals surface area contributed by atoms with Crippen LogP contribution in [0.25, 0.3) is 0 Å². The van der Waals surface area contributed by atoms with Crippen molar-refractivity contribution in [3.8, 4) is 0 Å². The lowest BCUT2D eigenvalue weighted by Gasteiger charge is -2.61. The van der Waals surface area contributed by atoms with Crippen LogP contribution in [0.15, 0.2) is 11.6 Å². The van der Waals surface area contributed by atoms with Gasteiger partial charge < -0.3 is 4.43 Å². The molecule has 4 heteroatoms. The maximum Gasteiger partial charge on any atom is 0.185 e. The Balaban J connectivity index is 1.73. The first-order chi connectivity index (χ1) is 13.3. The summed E-state index contributed by atoms with van der Waals surface area (Å²) in [5, 5.41) is 0. The van der Waals surface area contributed by atoms with Crippen molar-refractivity contribution >= 4 is 19.9 Å². The Morgan fingerprint density at radius 3 is 2.38 bits per heavy atom. The third-order valence-electron chi connectivity index (χ3n) is 9.45. The maximum absolute atomic E-state index is 13.1. The van der Waals surface area contributed by atoms with Crippen LogP contribution in [0.5, 0.6) is 0 Å². The van der Waals surface area contributed by atoms with Crippen molar-refractivity contribution in [3.05, 3.63) is 11.6 Å². The van der Waals surface area contributed by atoms with E-state index in [-0.39, 0.29) is 16.6 Å². The normalized spacial score (nSPS) is 47.1. The van der Waals surface area contributed by atoms with Crippen LogP contribution in [0, 0.1) is 34.5 Å². The van der Waals surface area contributed by atoms with Gasteiger partial charge >= 0.3 is 0 Å². The van der Waals surface area contributed by atoms with Crippen LogP contribution in [-0.4, -0.2) is 25.5 Å². The van der Waals surface area contributed by atoms with Crippen molar-refractivity contribution < 1.29 is 14.0 Å². The van der Waals surface area contributed by atoms with Crippen LogP contribution in [0.2, 0.25) is 19.6 Å². The highest BCUT2D eigenvalue weighted by Crippen LogP contribution is 2.69. The molecule has 0 aliphatic heterocycles. The summed E-state index contributed by atoms with van der Waals surface area (Å²) >= 11 is 0. The van der Waals surface area contributed by atoms with E-state index < -0.39 is 13.9 Å². The zero-order valence-corrected chi connectivity index (χ0v) is 20.6. The second-order valence-corrected chi connectivity index (χ2v) is 16.5. The van der Waals surface area contributed by atoms with Gasteiger partial charge in [-0.1, -0.05) is 26.3 Å². The highest BCUT2D eigenvalue weighted by molar-refractivity contribution is 6.70. The van der Waals surface area contributed by atoms with Crippen LogP contribution in [0.3, 0.4) is 0 Å². The summed E-state index contributed by atoms with van der Waals surface area (Å²) in [6, 6.07) is 0. The highest BCUT2D eigenvalue weighted by atomic mass is 28.4. The van der Waals surface area contributed by atoms with Gasteiger partial charge in [-0.25, -0.2) is 0 Å². The summed E-state index contributed by atoms with van der Waals surface area (Å²) in [6.07, 6.45) is 9.13. The standard InChI is InChI=1S/C25H40O3Si/c1-16-14-19-20(23(3)11-8-18(27)15-22(16)23)9-12-24(4)21(19)10-13-25(24,17(2)26)28-29(5,6)7/h15-16,19-21H,8-14H2,1-7H3/t16?,19-,20+,21+,23-,24+,25+/m1/s1. The fourth-order valence-electron chi connectivity index (χ4n) is 8.32. The molecule has 4 aliphatic carbocycles.